The van der Waals surface area contributed by atoms with Crippen LogP contribution in [0.25, 0.3) is 0 Å². The summed E-state index contributed by atoms with van der Waals surface area (Å²) in [4.78, 5) is 12.1. The van der Waals surface area contributed by atoms with Crippen molar-refractivity contribution < 1.29 is 4.79 Å². The number of nitrogens with one attached hydrogen (secondary N) is 1. The molecule has 1 aliphatic rings. The monoisotopic (exact) mass is 377 g/mol. The van der Waals surface area contributed by atoms with E-state index in [1.54, 1.807) is 0 Å². The summed E-state index contributed by atoms with van der Waals surface area (Å²) >= 11 is 8.14. The highest BCUT2D eigenvalue weighted by atomic mass is 127. The molecule has 0 radical (unpaired) electrons. The predicted octanol–water partition coefficient (Wildman–Crippen LogP) is 3.68. The van der Waals surface area contributed by atoms with Gasteiger partial charge in [-0.3, -0.25) is 4.79 Å². The van der Waals surface area contributed by atoms with Gasteiger partial charge in [0.1, 0.15) is 0 Å². The Labute approximate surface area is 127 Å². The van der Waals surface area contributed by atoms with E-state index in [0.717, 1.165) is 15.7 Å². The minimum absolute atomic E-state index is 0.0280. The number of hydrogen-bond donors (Lipinski definition) is 1. The number of alkyl halides is 1. The molecule has 0 saturated heterocycles. The second kappa shape index (κ2) is 6.75. The molecule has 1 amide bonds. The van der Waals surface area contributed by atoms with Crippen LogP contribution in [0.15, 0.2) is 24.3 Å². The third-order valence-corrected chi connectivity index (χ3v) is 5.00. The first-order valence-electron chi connectivity index (χ1n) is 6.31. The van der Waals surface area contributed by atoms with Crippen molar-refractivity contribution in [1.29, 1.82) is 0 Å². The molecule has 1 aromatic carbocycles. The van der Waals surface area contributed by atoms with Gasteiger partial charge in [0.15, 0.2) is 0 Å². The Morgan fingerprint density at radius 2 is 2.06 bits per heavy atom. The topological polar surface area (TPSA) is 29.1 Å². The maximum atomic E-state index is 12.1. The van der Waals surface area contributed by atoms with Gasteiger partial charge in [0.05, 0.1) is 5.56 Å². The Kier molecular flexibility index (Phi) is 5.30. The van der Waals surface area contributed by atoms with Crippen molar-refractivity contribution in [3.63, 3.8) is 0 Å². The van der Waals surface area contributed by atoms with Crippen molar-refractivity contribution >= 4 is 40.1 Å². The van der Waals surface area contributed by atoms with Crippen molar-refractivity contribution in [1.82, 2.24) is 5.32 Å². The molecule has 0 heterocycles. The van der Waals surface area contributed by atoms with E-state index in [2.05, 4.69) is 27.9 Å². The highest BCUT2D eigenvalue weighted by molar-refractivity contribution is 14.1. The molecule has 0 bridgehead atoms. The maximum Gasteiger partial charge on any atom is 0.252 e. The molecule has 98 valence electrons. The highest BCUT2D eigenvalue weighted by Crippen LogP contribution is 2.32. The van der Waals surface area contributed by atoms with Crippen LogP contribution in [0, 0.1) is 15.4 Å². The molecule has 1 aromatic rings. The molecule has 2 nitrogen and oxygen atoms in total. The van der Waals surface area contributed by atoms with Gasteiger partial charge in [-0.15, -0.1) is 11.6 Å². The van der Waals surface area contributed by atoms with E-state index in [1.165, 1.54) is 19.3 Å². The average Bonchev–Trinajstić information content (AvgIpc) is 2.84. The lowest BCUT2D eigenvalue weighted by atomic mass is 9.98. The van der Waals surface area contributed by atoms with E-state index < -0.39 is 0 Å². The van der Waals surface area contributed by atoms with Crippen LogP contribution < -0.4 is 5.32 Å². The molecular formula is C14H17ClINO. The number of halogens is 2. The van der Waals surface area contributed by atoms with Crippen LogP contribution in [0.1, 0.15) is 29.6 Å². The second-order valence-corrected chi connectivity index (χ2v) is 6.27. The molecule has 4 heteroatoms. The first-order chi connectivity index (χ1) is 8.72. The zero-order valence-electron chi connectivity index (χ0n) is 10.2. The smallest absolute Gasteiger partial charge is 0.252 e. The van der Waals surface area contributed by atoms with Gasteiger partial charge in [-0.1, -0.05) is 18.6 Å². The van der Waals surface area contributed by atoms with Crippen LogP contribution in [-0.4, -0.2) is 18.3 Å². The minimum Gasteiger partial charge on any atom is -0.352 e. The molecule has 2 rings (SSSR count). The van der Waals surface area contributed by atoms with E-state index in [9.17, 15) is 4.79 Å². The normalized spacial score (nSPS) is 23.0. The minimum atomic E-state index is 0.0280. The lowest BCUT2D eigenvalue weighted by Crippen LogP contribution is -2.31. The van der Waals surface area contributed by atoms with Crippen LogP contribution in [0.3, 0.4) is 0 Å². The van der Waals surface area contributed by atoms with Crippen LogP contribution in [0.2, 0.25) is 0 Å². The first kappa shape index (κ1) is 14.1. The standard InChI is InChI=1S/C14H17ClINO/c15-8-10-4-3-5-11(10)9-17-14(18)12-6-1-2-7-13(12)16/h1-2,6-7,10-11H,3-5,8-9H2,(H,17,18). The fourth-order valence-corrected chi connectivity index (χ4v) is 3.59. The SMILES string of the molecule is O=C(NCC1CCCC1CCl)c1ccccc1I. The van der Waals surface area contributed by atoms with Gasteiger partial charge < -0.3 is 5.32 Å². The average molecular weight is 378 g/mol. The number of carbonyl (C=O) groups excluding carboxylic acids is 1. The number of rotatable bonds is 4. The van der Waals surface area contributed by atoms with Crippen LogP contribution in [0.4, 0.5) is 0 Å². The molecule has 0 aromatic heterocycles. The fraction of sp³-hybridized carbons (Fsp3) is 0.500. The zero-order chi connectivity index (χ0) is 13.0. The molecule has 0 spiro atoms. The Balaban J connectivity index is 1.91. The Morgan fingerprint density at radius 3 is 2.78 bits per heavy atom. The maximum absolute atomic E-state index is 12.1. The largest absolute Gasteiger partial charge is 0.352 e. The van der Waals surface area contributed by atoms with Crippen molar-refractivity contribution in [3.8, 4) is 0 Å². The molecule has 0 aliphatic heterocycles. The predicted molar refractivity (Wildman–Crippen MR) is 83.0 cm³/mol. The van der Waals surface area contributed by atoms with Crippen LogP contribution in [0.5, 0.6) is 0 Å². The second-order valence-electron chi connectivity index (χ2n) is 4.80. The molecule has 2 unspecified atom stereocenters. The summed E-state index contributed by atoms with van der Waals surface area (Å²) in [5.74, 6) is 1.86. The third kappa shape index (κ3) is 3.38. The summed E-state index contributed by atoms with van der Waals surface area (Å²) in [6.45, 7) is 0.751. The number of carbonyl (C=O) groups is 1. The first-order valence-corrected chi connectivity index (χ1v) is 7.92. The third-order valence-electron chi connectivity index (χ3n) is 3.66. The summed E-state index contributed by atoms with van der Waals surface area (Å²) in [5, 5.41) is 3.04. The lowest BCUT2D eigenvalue weighted by molar-refractivity contribution is 0.0944. The molecule has 1 aliphatic carbocycles. The summed E-state index contributed by atoms with van der Waals surface area (Å²) in [6.07, 6.45) is 3.62. The lowest BCUT2D eigenvalue weighted by Gasteiger charge is -2.17. The summed E-state index contributed by atoms with van der Waals surface area (Å²) in [5.41, 5.74) is 0.763. The molecular weight excluding hydrogens is 361 g/mol. The van der Waals surface area contributed by atoms with Gasteiger partial charge in [0.2, 0.25) is 0 Å². The van der Waals surface area contributed by atoms with E-state index in [4.69, 9.17) is 11.6 Å². The van der Waals surface area contributed by atoms with Gasteiger partial charge in [-0.2, -0.15) is 0 Å². The summed E-state index contributed by atoms with van der Waals surface area (Å²) < 4.78 is 0.993. The highest BCUT2D eigenvalue weighted by Gasteiger charge is 2.26. The van der Waals surface area contributed by atoms with Crippen LogP contribution in [-0.2, 0) is 0 Å². The van der Waals surface area contributed by atoms with Crippen LogP contribution >= 0.6 is 34.2 Å². The quantitative estimate of drug-likeness (QED) is 0.629. The van der Waals surface area contributed by atoms with Crippen molar-refractivity contribution in [2.24, 2.45) is 11.8 Å². The Bertz CT molecular complexity index is 424. The van der Waals surface area contributed by atoms with Gasteiger partial charge >= 0.3 is 0 Å². The summed E-state index contributed by atoms with van der Waals surface area (Å²) in [7, 11) is 0. The van der Waals surface area contributed by atoms with E-state index >= 15 is 0 Å². The van der Waals surface area contributed by atoms with E-state index in [0.29, 0.717) is 17.7 Å². The number of amides is 1. The van der Waals surface area contributed by atoms with Gasteiger partial charge in [0, 0.05) is 16.0 Å². The fourth-order valence-electron chi connectivity index (χ4n) is 2.55. The van der Waals surface area contributed by atoms with Gasteiger partial charge in [-0.25, -0.2) is 0 Å². The van der Waals surface area contributed by atoms with Gasteiger partial charge in [-0.05, 0) is 59.4 Å². The number of benzene rings is 1. The Morgan fingerprint density at radius 1 is 1.33 bits per heavy atom. The molecule has 2 atom stereocenters. The number of hydrogen-bond acceptors (Lipinski definition) is 1. The molecule has 1 fully saturated rings. The van der Waals surface area contributed by atoms with E-state index in [1.807, 2.05) is 24.3 Å². The molecule has 1 saturated carbocycles. The molecule has 1 N–H and O–H groups in total. The van der Waals surface area contributed by atoms with Gasteiger partial charge in [0.25, 0.3) is 5.91 Å². The Hall–Kier alpha value is -0.290. The molecule has 18 heavy (non-hydrogen) atoms. The van der Waals surface area contributed by atoms with Crippen molar-refractivity contribution in [3.05, 3.63) is 33.4 Å². The van der Waals surface area contributed by atoms with Crippen molar-refractivity contribution in [2.75, 3.05) is 12.4 Å². The van der Waals surface area contributed by atoms with Crippen molar-refractivity contribution in [2.45, 2.75) is 19.3 Å². The van der Waals surface area contributed by atoms with E-state index in [-0.39, 0.29) is 5.91 Å². The summed E-state index contributed by atoms with van der Waals surface area (Å²) in [6, 6.07) is 7.66. The zero-order valence-corrected chi connectivity index (χ0v) is 13.1.